The van der Waals surface area contributed by atoms with Crippen molar-refractivity contribution < 1.29 is 9.59 Å². The Kier molecular flexibility index (Phi) is 4.52. The van der Waals surface area contributed by atoms with Crippen LogP contribution >= 0.6 is 0 Å². The van der Waals surface area contributed by atoms with Gasteiger partial charge in [-0.25, -0.2) is 0 Å². The van der Waals surface area contributed by atoms with Crippen molar-refractivity contribution in [2.45, 2.75) is 44.2 Å². The number of carbonyl (C=O) groups excluding carboxylic acids is 2. The Morgan fingerprint density at radius 1 is 1.42 bits per heavy atom. The van der Waals surface area contributed by atoms with Crippen LogP contribution in [0.25, 0.3) is 0 Å². The minimum atomic E-state index is -0.158. The average Bonchev–Trinajstić information content (AvgIpc) is 2.80. The Morgan fingerprint density at radius 3 is 2.89 bits per heavy atom. The standard InChI is InChI=1S/C13H22N4O2/c1-15-10-6-5-9-3-2-4-11(9)17(13(10)19)7-12(14)16-8-18/h8-11,15H,2-7H2,1H3,(H2,14,16,18). The molecule has 1 saturated heterocycles. The van der Waals surface area contributed by atoms with E-state index in [2.05, 4.69) is 10.6 Å². The largest absolute Gasteiger partial charge is 0.331 e. The summed E-state index contributed by atoms with van der Waals surface area (Å²) < 4.78 is 0. The first-order valence-corrected chi connectivity index (χ1v) is 6.92. The van der Waals surface area contributed by atoms with E-state index in [1.807, 2.05) is 0 Å². The van der Waals surface area contributed by atoms with Gasteiger partial charge < -0.3 is 15.5 Å². The maximum atomic E-state index is 12.5. The van der Waals surface area contributed by atoms with Gasteiger partial charge in [0.05, 0.1) is 12.6 Å². The SMILES string of the molecule is CNC1CCC2CCCC2N(CC(=N)NC=O)C1=O. The van der Waals surface area contributed by atoms with Gasteiger partial charge in [-0.05, 0) is 38.6 Å². The van der Waals surface area contributed by atoms with E-state index in [1.54, 1.807) is 11.9 Å². The zero-order valence-electron chi connectivity index (χ0n) is 11.3. The maximum Gasteiger partial charge on any atom is 0.240 e. The normalized spacial score (nSPS) is 30.7. The Morgan fingerprint density at radius 2 is 2.21 bits per heavy atom. The van der Waals surface area contributed by atoms with Gasteiger partial charge in [0, 0.05) is 6.04 Å². The second-order valence-corrected chi connectivity index (χ2v) is 5.38. The summed E-state index contributed by atoms with van der Waals surface area (Å²) in [6, 6.07) is 0.0780. The molecule has 2 rings (SSSR count). The second-order valence-electron chi connectivity index (χ2n) is 5.38. The van der Waals surface area contributed by atoms with E-state index in [9.17, 15) is 9.59 Å². The van der Waals surface area contributed by atoms with Gasteiger partial charge in [-0.3, -0.25) is 15.0 Å². The monoisotopic (exact) mass is 266 g/mol. The van der Waals surface area contributed by atoms with Crippen molar-refractivity contribution in [1.82, 2.24) is 15.5 Å². The van der Waals surface area contributed by atoms with E-state index in [4.69, 9.17) is 5.41 Å². The van der Waals surface area contributed by atoms with E-state index in [0.717, 1.165) is 25.7 Å². The van der Waals surface area contributed by atoms with Gasteiger partial charge in [0.2, 0.25) is 12.3 Å². The Bertz CT molecular complexity index is 372. The molecule has 0 radical (unpaired) electrons. The molecule has 2 aliphatic rings. The lowest BCUT2D eigenvalue weighted by Gasteiger charge is -2.32. The molecule has 2 fully saturated rings. The summed E-state index contributed by atoms with van der Waals surface area (Å²) in [7, 11) is 1.80. The van der Waals surface area contributed by atoms with Gasteiger partial charge >= 0.3 is 0 Å². The van der Waals surface area contributed by atoms with E-state index >= 15 is 0 Å². The van der Waals surface area contributed by atoms with Crippen molar-refractivity contribution >= 4 is 18.2 Å². The van der Waals surface area contributed by atoms with Crippen LogP contribution in [0.3, 0.4) is 0 Å². The molecule has 0 aromatic rings. The molecule has 6 heteroatoms. The highest BCUT2D eigenvalue weighted by Crippen LogP contribution is 2.36. The minimum Gasteiger partial charge on any atom is -0.331 e. The zero-order valence-corrected chi connectivity index (χ0v) is 11.3. The van der Waals surface area contributed by atoms with Crippen molar-refractivity contribution in [3.63, 3.8) is 0 Å². The van der Waals surface area contributed by atoms with Gasteiger partial charge in [-0.1, -0.05) is 6.42 Å². The maximum absolute atomic E-state index is 12.5. The first-order chi connectivity index (χ1) is 9.17. The molecular formula is C13H22N4O2. The van der Waals surface area contributed by atoms with Crippen molar-refractivity contribution in [1.29, 1.82) is 5.41 Å². The number of amides is 2. The quantitative estimate of drug-likeness (QED) is 0.383. The summed E-state index contributed by atoms with van der Waals surface area (Å²) in [5, 5.41) is 13.1. The Balaban J connectivity index is 2.15. The molecule has 1 aliphatic carbocycles. The Labute approximate surface area is 113 Å². The van der Waals surface area contributed by atoms with Crippen molar-refractivity contribution in [3.05, 3.63) is 0 Å². The number of hydrogen-bond donors (Lipinski definition) is 3. The van der Waals surface area contributed by atoms with Crippen LogP contribution in [0.1, 0.15) is 32.1 Å². The first kappa shape index (κ1) is 14.0. The summed E-state index contributed by atoms with van der Waals surface area (Å²) >= 11 is 0. The number of fused-ring (bicyclic) bond motifs is 1. The number of likely N-dealkylation sites (tertiary alicyclic amines) is 1. The molecular weight excluding hydrogens is 244 g/mol. The summed E-state index contributed by atoms with van der Waals surface area (Å²) in [6.45, 7) is 0.205. The molecule has 0 bridgehead atoms. The van der Waals surface area contributed by atoms with E-state index in [0.29, 0.717) is 12.3 Å². The van der Waals surface area contributed by atoms with Crippen LogP contribution in [0.2, 0.25) is 0 Å². The third-order valence-electron chi connectivity index (χ3n) is 4.34. The smallest absolute Gasteiger partial charge is 0.240 e. The van der Waals surface area contributed by atoms with Crippen LogP contribution in [0, 0.1) is 11.3 Å². The van der Waals surface area contributed by atoms with Gasteiger partial charge in [0.25, 0.3) is 0 Å². The third kappa shape index (κ3) is 2.94. The molecule has 3 unspecified atom stereocenters. The van der Waals surface area contributed by atoms with Gasteiger partial charge in [-0.2, -0.15) is 0 Å². The number of nitrogens with one attached hydrogen (secondary N) is 3. The van der Waals surface area contributed by atoms with Crippen molar-refractivity contribution in [3.8, 4) is 0 Å². The second kappa shape index (κ2) is 6.14. The molecule has 0 aromatic carbocycles. The van der Waals surface area contributed by atoms with Crippen LogP contribution in [0.5, 0.6) is 0 Å². The molecule has 1 aliphatic heterocycles. The fourth-order valence-corrected chi connectivity index (χ4v) is 3.38. The van der Waals surface area contributed by atoms with Crippen LogP contribution in [-0.4, -0.2) is 48.7 Å². The van der Waals surface area contributed by atoms with Crippen molar-refractivity contribution in [2.24, 2.45) is 5.92 Å². The molecule has 0 spiro atoms. The minimum absolute atomic E-state index is 0.0642. The predicted molar refractivity (Wildman–Crippen MR) is 71.9 cm³/mol. The van der Waals surface area contributed by atoms with Crippen LogP contribution in [-0.2, 0) is 9.59 Å². The highest BCUT2D eigenvalue weighted by Gasteiger charge is 2.40. The third-order valence-corrected chi connectivity index (χ3v) is 4.34. The number of likely N-dealkylation sites (N-methyl/N-ethyl adjacent to an activating group) is 1. The van der Waals surface area contributed by atoms with Crippen LogP contribution in [0.4, 0.5) is 0 Å². The average molecular weight is 266 g/mol. The molecule has 19 heavy (non-hydrogen) atoms. The fourth-order valence-electron chi connectivity index (χ4n) is 3.38. The van der Waals surface area contributed by atoms with E-state index in [-0.39, 0.29) is 30.4 Å². The molecule has 1 saturated carbocycles. The zero-order chi connectivity index (χ0) is 13.8. The van der Waals surface area contributed by atoms with Gasteiger partial charge in [0.15, 0.2) is 0 Å². The lowest BCUT2D eigenvalue weighted by molar-refractivity contribution is -0.134. The van der Waals surface area contributed by atoms with E-state index in [1.165, 1.54) is 6.42 Å². The number of carbonyl (C=O) groups is 2. The summed E-state index contributed by atoms with van der Waals surface area (Å²) in [5.41, 5.74) is 0. The van der Waals surface area contributed by atoms with Gasteiger partial charge in [0.1, 0.15) is 5.84 Å². The van der Waals surface area contributed by atoms with E-state index < -0.39 is 0 Å². The fraction of sp³-hybridized carbons (Fsp3) is 0.769. The first-order valence-electron chi connectivity index (χ1n) is 6.92. The molecule has 2 amide bonds. The number of hydrogen-bond acceptors (Lipinski definition) is 4. The molecule has 6 nitrogen and oxygen atoms in total. The number of amidine groups is 1. The Hall–Kier alpha value is -1.43. The highest BCUT2D eigenvalue weighted by atomic mass is 16.2. The summed E-state index contributed by atoms with van der Waals surface area (Å²) in [5.74, 6) is 0.700. The molecule has 3 N–H and O–H groups in total. The molecule has 3 atom stereocenters. The number of nitrogens with zero attached hydrogens (tertiary/aromatic N) is 1. The van der Waals surface area contributed by atoms with Gasteiger partial charge in [-0.15, -0.1) is 0 Å². The molecule has 106 valence electrons. The molecule has 0 aromatic heterocycles. The van der Waals surface area contributed by atoms with Crippen molar-refractivity contribution in [2.75, 3.05) is 13.6 Å². The lowest BCUT2D eigenvalue weighted by atomic mass is 9.97. The lowest BCUT2D eigenvalue weighted by Crippen LogP contribution is -2.51. The highest BCUT2D eigenvalue weighted by molar-refractivity contribution is 5.93. The number of rotatable bonds is 4. The topological polar surface area (TPSA) is 85.3 Å². The molecule has 1 heterocycles. The van der Waals surface area contributed by atoms with Crippen LogP contribution < -0.4 is 10.6 Å². The predicted octanol–water partition coefficient (Wildman–Crippen LogP) is 0.0888. The summed E-state index contributed by atoms with van der Waals surface area (Å²) in [4.78, 5) is 24.7. The van der Waals surface area contributed by atoms with Crippen LogP contribution in [0.15, 0.2) is 0 Å². The summed E-state index contributed by atoms with van der Waals surface area (Å²) in [6.07, 6.45) is 5.75.